The summed E-state index contributed by atoms with van der Waals surface area (Å²) in [5.41, 5.74) is 2.04. The molecular formula is C19H15ClFNO3. The minimum Gasteiger partial charge on any atom is -0.451 e. The maximum Gasteiger partial charge on any atom is 0.340 e. The van der Waals surface area contributed by atoms with Crippen LogP contribution in [-0.4, -0.2) is 22.8 Å². The number of aryl methyl sites for hydroxylation is 1. The molecule has 0 saturated heterocycles. The average Bonchev–Trinajstić information content (AvgIpc) is 2.89. The lowest BCUT2D eigenvalue weighted by Gasteiger charge is -2.13. The van der Waals surface area contributed by atoms with E-state index in [9.17, 15) is 14.0 Å². The van der Waals surface area contributed by atoms with Gasteiger partial charge in [0, 0.05) is 22.2 Å². The van der Waals surface area contributed by atoms with Gasteiger partial charge >= 0.3 is 5.97 Å². The average molecular weight is 360 g/mol. The van der Waals surface area contributed by atoms with Crippen LogP contribution in [0.3, 0.4) is 0 Å². The molecule has 4 nitrogen and oxygen atoms in total. The molecule has 1 aromatic heterocycles. The molecule has 1 N–H and O–H groups in total. The zero-order valence-electron chi connectivity index (χ0n) is 13.6. The van der Waals surface area contributed by atoms with Gasteiger partial charge in [-0.1, -0.05) is 29.8 Å². The summed E-state index contributed by atoms with van der Waals surface area (Å²) in [4.78, 5) is 28.1. The van der Waals surface area contributed by atoms with Crippen LogP contribution in [0.15, 0.2) is 42.5 Å². The van der Waals surface area contributed by atoms with Crippen LogP contribution < -0.4 is 0 Å². The molecule has 25 heavy (non-hydrogen) atoms. The third kappa shape index (κ3) is 3.28. The first-order valence-corrected chi connectivity index (χ1v) is 8.04. The fourth-order valence-electron chi connectivity index (χ4n) is 2.73. The highest BCUT2D eigenvalue weighted by atomic mass is 35.5. The van der Waals surface area contributed by atoms with Gasteiger partial charge in [0.05, 0.1) is 10.6 Å². The summed E-state index contributed by atoms with van der Waals surface area (Å²) in [6.45, 7) is 3.29. The zero-order chi connectivity index (χ0) is 18.1. The summed E-state index contributed by atoms with van der Waals surface area (Å²) in [5.74, 6) is -1.65. The topological polar surface area (TPSA) is 59.2 Å². The van der Waals surface area contributed by atoms with Gasteiger partial charge in [-0.05, 0) is 38.1 Å². The van der Waals surface area contributed by atoms with Crippen molar-refractivity contribution in [3.05, 3.63) is 70.1 Å². The van der Waals surface area contributed by atoms with E-state index in [0.29, 0.717) is 11.3 Å². The van der Waals surface area contributed by atoms with Crippen molar-refractivity contribution in [3.63, 3.8) is 0 Å². The van der Waals surface area contributed by atoms with Gasteiger partial charge in [-0.15, -0.1) is 0 Å². The lowest BCUT2D eigenvalue weighted by molar-refractivity contribution is 0.0319. The molecule has 2 aromatic carbocycles. The van der Waals surface area contributed by atoms with Gasteiger partial charge < -0.3 is 9.72 Å². The molecule has 0 aliphatic rings. The Balaban J connectivity index is 1.85. The number of hydrogen-bond acceptors (Lipinski definition) is 3. The number of ketones is 1. The largest absolute Gasteiger partial charge is 0.451 e. The Hall–Kier alpha value is -2.66. The van der Waals surface area contributed by atoms with Crippen LogP contribution in [0.5, 0.6) is 0 Å². The number of fused-ring (bicyclic) bond motifs is 1. The van der Waals surface area contributed by atoms with Gasteiger partial charge in [0.15, 0.2) is 6.10 Å². The van der Waals surface area contributed by atoms with E-state index in [1.165, 1.54) is 13.0 Å². The standard InChI is InChI=1S/C19H15ClFNO3/c1-10-17(14-5-3-4-6-16(14)22-10)18(23)11(2)25-19(24)13-8-7-12(21)9-15(13)20/h3-9,11,22H,1-2H3/t11-/m0/s1. The van der Waals surface area contributed by atoms with Crippen molar-refractivity contribution < 1.29 is 18.7 Å². The second-order valence-corrected chi connectivity index (χ2v) is 6.11. The molecule has 0 bridgehead atoms. The first-order valence-electron chi connectivity index (χ1n) is 7.66. The Labute approximate surface area is 148 Å². The predicted octanol–water partition coefficient (Wildman–Crippen LogP) is 4.70. The zero-order valence-corrected chi connectivity index (χ0v) is 14.4. The molecule has 3 aromatic rings. The second-order valence-electron chi connectivity index (χ2n) is 5.71. The van der Waals surface area contributed by atoms with Gasteiger partial charge in [-0.3, -0.25) is 4.79 Å². The first kappa shape index (κ1) is 17.2. The van der Waals surface area contributed by atoms with E-state index in [1.807, 2.05) is 24.3 Å². The van der Waals surface area contributed by atoms with Crippen molar-refractivity contribution in [2.75, 3.05) is 0 Å². The van der Waals surface area contributed by atoms with Crippen molar-refractivity contribution in [1.82, 2.24) is 4.98 Å². The van der Waals surface area contributed by atoms with Gasteiger partial charge in [0.1, 0.15) is 5.82 Å². The Bertz CT molecular complexity index is 980. The molecule has 1 heterocycles. The minimum atomic E-state index is -1.01. The van der Waals surface area contributed by atoms with Crippen LogP contribution in [0, 0.1) is 12.7 Å². The number of esters is 1. The summed E-state index contributed by atoms with van der Waals surface area (Å²) in [6, 6.07) is 10.8. The van der Waals surface area contributed by atoms with Crippen molar-refractivity contribution in [2.24, 2.45) is 0 Å². The molecule has 128 valence electrons. The fourth-order valence-corrected chi connectivity index (χ4v) is 2.97. The lowest BCUT2D eigenvalue weighted by atomic mass is 10.0. The molecule has 0 saturated carbocycles. The molecule has 1 atom stereocenters. The Morgan fingerprint density at radius 2 is 1.92 bits per heavy atom. The van der Waals surface area contributed by atoms with Gasteiger partial charge in [0.2, 0.25) is 5.78 Å². The molecule has 3 rings (SSSR count). The third-order valence-corrected chi connectivity index (χ3v) is 4.26. The molecule has 0 aliphatic heterocycles. The summed E-state index contributed by atoms with van der Waals surface area (Å²) in [6.07, 6.45) is -1.01. The van der Waals surface area contributed by atoms with Crippen LogP contribution in [0.1, 0.15) is 33.3 Å². The maximum atomic E-state index is 13.1. The number of nitrogens with one attached hydrogen (secondary N) is 1. The molecular weight excluding hydrogens is 345 g/mol. The van der Waals surface area contributed by atoms with Gasteiger partial charge in [-0.2, -0.15) is 0 Å². The second kappa shape index (κ2) is 6.69. The smallest absolute Gasteiger partial charge is 0.340 e. The molecule has 0 fully saturated rings. The van der Waals surface area contributed by atoms with E-state index in [2.05, 4.69) is 4.98 Å². The summed E-state index contributed by atoms with van der Waals surface area (Å²) < 4.78 is 18.3. The molecule has 0 radical (unpaired) electrons. The third-order valence-electron chi connectivity index (χ3n) is 3.94. The van der Waals surface area contributed by atoms with E-state index in [4.69, 9.17) is 16.3 Å². The van der Waals surface area contributed by atoms with E-state index >= 15 is 0 Å². The lowest BCUT2D eigenvalue weighted by Crippen LogP contribution is -2.25. The molecule has 0 aliphatic carbocycles. The highest BCUT2D eigenvalue weighted by Crippen LogP contribution is 2.25. The number of halogens is 2. The molecule has 0 unspecified atom stereocenters. The number of benzene rings is 2. The fraction of sp³-hybridized carbons (Fsp3) is 0.158. The number of ether oxygens (including phenoxy) is 1. The van der Waals surface area contributed by atoms with Crippen LogP contribution in [0.2, 0.25) is 5.02 Å². The van der Waals surface area contributed by atoms with E-state index < -0.39 is 17.9 Å². The quantitative estimate of drug-likeness (QED) is 0.542. The van der Waals surface area contributed by atoms with E-state index in [-0.39, 0.29) is 16.4 Å². The number of aromatic amines is 1. The number of rotatable bonds is 4. The van der Waals surface area contributed by atoms with Crippen LogP contribution >= 0.6 is 11.6 Å². The summed E-state index contributed by atoms with van der Waals surface area (Å²) in [5, 5.41) is 0.709. The number of H-pyrrole nitrogens is 1. The van der Waals surface area contributed by atoms with Gasteiger partial charge in [-0.25, -0.2) is 9.18 Å². The van der Waals surface area contributed by atoms with Crippen molar-refractivity contribution in [2.45, 2.75) is 20.0 Å². The Morgan fingerprint density at radius 3 is 2.64 bits per heavy atom. The number of carbonyl (C=O) groups is 2. The van der Waals surface area contributed by atoms with E-state index in [1.54, 1.807) is 6.92 Å². The summed E-state index contributed by atoms with van der Waals surface area (Å²) >= 11 is 5.86. The molecule has 0 spiro atoms. The normalized spacial score (nSPS) is 12.2. The Kier molecular flexibility index (Phi) is 4.59. The van der Waals surface area contributed by atoms with Crippen molar-refractivity contribution >= 4 is 34.3 Å². The van der Waals surface area contributed by atoms with Crippen LogP contribution in [0.25, 0.3) is 10.9 Å². The number of hydrogen-bond donors (Lipinski definition) is 1. The maximum absolute atomic E-state index is 13.1. The van der Waals surface area contributed by atoms with Crippen LogP contribution in [-0.2, 0) is 4.74 Å². The van der Waals surface area contributed by atoms with Crippen molar-refractivity contribution in [3.8, 4) is 0 Å². The minimum absolute atomic E-state index is 0.0124. The number of carbonyl (C=O) groups excluding carboxylic acids is 2. The van der Waals surface area contributed by atoms with Crippen LogP contribution in [0.4, 0.5) is 4.39 Å². The highest BCUT2D eigenvalue weighted by molar-refractivity contribution is 6.33. The summed E-state index contributed by atoms with van der Waals surface area (Å²) in [7, 11) is 0. The SMILES string of the molecule is Cc1[nH]c2ccccc2c1C(=O)[C@H](C)OC(=O)c1ccc(F)cc1Cl. The number of aromatic nitrogens is 1. The first-order chi connectivity index (χ1) is 11.9. The van der Waals surface area contributed by atoms with E-state index in [0.717, 1.165) is 23.0 Å². The van der Waals surface area contributed by atoms with Crippen molar-refractivity contribution in [1.29, 1.82) is 0 Å². The number of Topliss-reactive ketones (excluding diaryl/α,β-unsaturated/α-hetero) is 1. The van der Waals surface area contributed by atoms with Gasteiger partial charge in [0.25, 0.3) is 0 Å². The highest BCUT2D eigenvalue weighted by Gasteiger charge is 2.25. The Morgan fingerprint density at radius 1 is 1.20 bits per heavy atom. The predicted molar refractivity (Wildman–Crippen MR) is 93.7 cm³/mol. The molecule has 6 heteroatoms. The number of para-hydroxylation sites is 1. The molecule has 0 amide bonds. The monoisotopic (exact) mass is 359 g/mol.